The summed E-state index contributed by atoms with van der Waals surface area (Å²) in [7, 11) is 0. The number of anilines is 1. The summed E-state index contributed by atoms with van der Waals surface area (Å²) in [5.41, 5.74) is -1.36. The molecule has 0 bridgehead atoms. The van der Waals surface area contributed by atoms with Gasteiger partial charge in [0.1, 0.15) is 11.4 Å². The number of nitrogens with one attached hydrogen (secondary N) is 1. The van der Waals surface area contributed by atoms with E-state index < -0.39 is 39.6 Å². The summed E-state index contributed by atoms with van der Waals surface area (Å²) in [5.74, 6) is -5.10. The van der Waals surface area contributed by atoms with E-state index in [0.717, 1.165) is 6.07 Å². The Morgan fingerprint density at radius 3 is 2.28 bits per heavy atom. The number of benzene rings is 1. The number of alkyl halides is 3. The SMILES string of the molecule is O=C(O)c1c(F)ccc(NC(=O)C(F)(F)F)c1Br. The maximum atomic E-state index is 13.1. The van der Waals surface area contributed by atoms with Crippen LogP contribution in [0.4, 0.5) is 23.2 Å². The second-order valence-electron chi connectivity index (χ2n) is 3.04. The molecule has 1 rings (SSSR count). The summed E-state index contributed by atoms with van der Waals surface area (Å²) in [4.78, 5) is 21.3. The molecule has 0 aliphatic heterocycles. The maximum absolute atomic E-state index is 13.1. The Bertz CT molecular complexity index is 515. The van der Waals surface area contributed by atoms with E-state index in [9.17, 15) is 27.2 Å². The highest BCUT2D eigenvalue weighted by Gasteiger charge is 2.39. The number of carbonyl (C=O) groups excluding carboxylic acids is 1. The third kappa shape index (κ3) is 2.97. The van der Waals surface area contributed by atoms with Crippen molar-refractivity contribution >= 4 is 33.5 Å². The number of halogens is 5. The van der Waals surface area contributed by atoms with Crippen LogP contribution in [0.15, 0.2) is 16.6 Å². The van der Waals surface area contributed by atoms with Crippen LogP contribution in [0, 0.1) is 5.82 Å². The van der Waals surface area contributed by atoms with E-state index in [1.54, 1.807) is 0 Å². The van der Waals surface area contributed by atoms with Crippen molar-refractivity contribution in [2.24, 2.45) is 0 Å². The smallest absolute Gasteiger partial charge is 0.471 e. The molecule has 4 nitrogen and oxygen atoms in total. The van der Waals surface area contributed by atoms with Gasteiger partial charge < -0.3 is 10.4 Å². The van der Waals surface area contributed by atoms with Crippen LogP contribution < -0.4 is 5.32 Å². The summed E-state index contributed by atoms with van der Waals surface area (Å²) in [6.45, 7) is 0. The number of carbonyl (C=O) groups is 2. The van der Waals surface area contributed by atoms with Crippen LogP contribution in [0.25, 0.3) is 0 Å². The minimum atomic E-state index is -5.13. The van der Waals surface area contributed by atoms with Crippen molar-refractivity contribution in [2.75, 3.05) is 5.32 Å². The number of rotatable bonds is 2. The molecule has 1 amide bonds. The Hall–Kier alpha value is -1.64. The highest BCUT2D eigenvalue weighted by molar-refractivity contribution is 9.10. The fourth-order valence-corrected chi connectivity index (χ4v) is 1.63. The van der Waals surface area contributed by atoms with Crippen molar-refractivity contribution < 1.29 is 32.3 Å². The Balaban J connectivity index is 3.17. The van der Waals surface area contributed by atoms with E-state index in [1.807, 2.05) is 0 Å². The summed E-state index contributed by atoms with van der Waals surface area (Å²) >= 11 is 2.63. The third-order valence-corrected chi connectivity index (χ3v) is 2.63. The fourth-order valence-electron chi connectivity index (χ4n) is 1.04. The van der Waals surface area contributed by atoms with Gasteiger partial charge in [-0.05, 0) is 28.1 Å². The lowest BCUT2D eigenvalue weighted by Crippen LogP contribution is -2.30. The van der Waals surface area contributed by atoms with Crippen LogP contribution >= 0.6 is 15.9 Å². The molecule has 0 atom stereocenters. The van der Waals surface area contributed by atoms with Gasteiger partial charge in [0, 0.05) is 0 Å². The maximum Gasteiger partial charge on any atom is 0.471 e. The summed E-state index contributed by atoms with van der Waals surface area (Å²) in [6, 6.07) is 1.45. The van der Waals surface area contributed by atoms with E-state index in [1.165, 1.54) is 5.32 Å². The van der Waals surface area contributed by atoms with Crippen molar-refractivity contribution in [3.63, 3.8) is 0 Å². The highest BCUT2D eigenvalue weighted by Crippen LogP contribution is 2.30. The van der Waals surface area contributed by atoms with Crippen LogP contribution in [0.1, 0.15) is 10.4 Å². The quantitative estimate of drug-likeness (QED) is 0.820. The van der Waals surface area contributed by atoms with Gasteiger partial charge in [0.25, 0.3) is 0 Å². The number of carboxylic acids is 1. The summed E-state index contributed by atoms with van der Waals surface area (Å²) in [6.07, 6.45) is -5.13. The molecule has 0 heterocycles. The molecule has 0 unspecified atom stereocenters. The van der Waals surface area contributed by atoms with Crippen molar-refractivity contribution in [3.8, 4) is 0 Å². The molecule has 0 saturated heterocycles. The zero-order valence-corrected chi connectivity index (χ0v) is 9.89. The second-order valence-corrected chi connectivity index (χ2v) is 3.83. The van der Waals surface area contributed by atoms with Gasteiger partial charge >= 0.3 is 18.1 Å². The van der Waals surface area contributed by atoms with Crippen LogP contribution in [0.2, 0.25) is 0 Å². The molecule has 0 aromatic heterocycles. The second kappa shape index (κ2) is 4.92. The minimum Gasteiger partial charge on any atom is -0.478 e. The van der Waals surface area contributed by atoms with Crippen LogP contribution in [0.3, 0.4) is 0 Å². The van der Waals surface area contributed by atoms with Gasteiger partial charge in [-0.25, -0.2) is 9.18 Å². The van der Waals surface area contributed by atoms with Gasteiger partial charge in [-0.3, -0.25) is 4.79 Å². The van der Waals surface area contributed by atoms with E-state index in [0.29, 0.717) is 6.07 Å². The van der Waals surface area contributed by atoms with Gasteiger partial charge in [-0.2, -0.15) is 13.2 Å². The monoisotopic (exact) mass is 329 g/mol. The van der Waals surface area contributed by atoms with Crippen molar-refractivity contribution in [2.45, 2.75) is 6.18 Å². The molecule has 0 fully saturated rings. The van der Waals surface area contributed by atoms with E-state index in [-0.39, 0.29) is 0 Å². The number of hydrogen-bond donors (Lipinski definition) is 2. The van der Waals surface area contributed by atoms with Gasteiger partial charge in [0.05, 0.1) is 10.2 Å². The largest absolute Gasteiger partial charge is 0.478 e. The zero-order chi connectivity index (χ0) is 14.1. The van der Waals surface area contributed by atoms with Crippen LogP contribution in [0.5, 0.6) is 0 Å². The molecule has 1 aromatic carbocycles. The molecule has 9 heteroatoms. The zero-order valence-electron chi connectivity index (χ0n) is 8.31. The van der Waals surface area contributed by atoms with Crippen molar-refractivity contribution in [3.05, 3.63) is 28.0 Å². The molecule has 0 radical (unpaired) electrons. The summed E-state index contributed by atoms with van der Waals surface area (Å²) in [5, 5.41) is 10.1. The van der Waals surface area contributed by atoms with E-state index in [2.05, 4.69) is 15.9 Å². The predicted octanol–water partition coefficient (Wildman–Crippen LogP) is 2.79. The molecule has 0 saturated carbocycles. The first kappa shape index (κ1) is 14.4. The normalized spacial score (nSPS) is 11.2. The first-order valence-corrected chi connectivity index (χ1v) is 5.03. The lowest BCUT2D eigenvalue weighted by molar-refractivity contribution is -0.167. The lowest BCUT2D eigenvalue weighted by atomic mass is 10.2. The van der Waals surface area contributed by atoms with Crippen LogP contribution in [-0.4, -0.2) is 23.2 Å². The number of carboxylic acid groups (broad SMARTS) is 1. The predicted molar refractivity (Wildman–Crippen MR) is 55.7 cm³/mol. The van der Waals surface area contributed by atoms with Crippen LogP contribution in [-0.2, 0) is 4.79 Å². The molecular formula is C9H4BrF4NO3. The standard InChI is InChI=1S/C9H4BrF4NO3/c10-6-4(15-8(18)9(12,13)14)2-1-3(11)5(6)7(16)17/h1-2H,(H,15,18)(H,16,17). The molecule has 0 aliphatic rings. The molecular weight excluding hydrogens is 326 g/mol. The van der Waals surface area contributed by atoms with E-state index in [4.69, 9.17) is 5.11 Å². The number of aromatic carboxylic acids is 1. The van der Waals surface area contributed by atoms with Gasteiger partial charge in [-0.1, -0.05) is 0 Å². The Morgan fingerprint density at radius 2 is 1.83 bits per heavy atom. The molecule has 1 aromatic rings. The first-order valence-electron chi connectivity index (χ1n) is 4.24. The molecule has 18 heavy (non-hydrogen) atoms. The third-order valence-electron chi connectivity index (χ3n) is 1.81. The topological polar surface area (TPSA) is 66.4 Å². The summed E-state index contributed by atoms with van der Waals surface area (Å²) < 4.78 is 48.6. The molecule has 0 spiro atoms. The Labute approximate surface area is 106 Å². The number of amides is 1. The number of hydrogen-bond acceptors (Lipinski definition) is 2. The van der Waals surface area contributed by atoms with Gasteiger partial charge in [-0.15, -0.1) is 0 Å². The Morgan fingerprint density at radius 1 is 1.28 bits per heavy atom. The molecule has 0 aliphatic carbocycles. The fraction of sp³-hybridized carbons (Fsp3) is 0.111. The Kier molecular flexibility index (Phi) is 3.95. The van der Waals surface area contributed by atoms with Crippen molar-refractivity contribution in [1.82, 2.24) is 0 Å². The molecule has 98 valence electrons. The van der Waals surface area contributed by atoms with Crippen molar-refractivity contribution in [1.29, 1.82) is 0 Å². The average Bonchev–Trinajstić information content (AvgIpc) is 2.20. The minimum absolute atomic E-state index is 0.479. The molecule has 2 N–H and O–H groups in total. The van der Waals surface area contributed by atoms with Gasteiger partial charge in [0.15, 0.2) is 0 Å². The van der Waals surface area contributed by atoms with E-state index >= 15 is 0 Å². The van der Waals surface area contributed by atoms with Gasteiger partial charge in [0.2, 0.25) is 0 Å². The lowest BCUT2D eigenvalue weighted by Gasteiger charge is -2.11. The highest BCUT2D eigenvalue weighted by atomic mass is 79.9. The average molecular weight is 330 g/mol. The first-order chi connectivity index (χ1) is 8.14.